The lowest BCUT2D eigenvalue weighted by molar-refractivity contribution is -0.125. The monoisotopic (exact) mass is 332 g/mol. The molecule has 3 aromatic rings. The number of ketones is 1. The number of fused-ring (bicyclic) bond motifs is 1. The normalized spacial score (nSPS) is 14.2. The number of benzene rings is 1. The highest BCUT2D eigenvalue weighted by atomic mass is 16.2. The molecule has 0 radical (unpaired) electrons. The standard InChI is InChI=1S/C21H20N2O2/c1-15-7-9-16(10-8-15)18-14-17-6-2-3-13-23(17)19(18)20(24)21(25)22-11-4-5-12-22/h2-3,6-10,13-14H,4-5,11-12H2,1H3. The summed E-state index contributed by atoms with van der Waals surface area (Å²) in [5, 5.41) is 0. The van der Waals surface area contributed by atoms with E-state index in [0.29, 0.717) is 18.8 Å². The molecule has 4 heteroatoms. The number of hydrogen-bond acceptors (Lipinski definition) is 2. The maximum Gasteiger partial charge on any atom is 0.296 e. The maximum absolute atomic E-state index is 13.1. The summed E-state index contributed by atoms with van der Waals surface area (Å²) in [6.45, 7) is 3.38. The maximum atomic E-state index is 13.1. The minimum Gasteiger partial charge on any atom is -0.336 e. The van der Waals surface area contributed by atoms with E-state index in [1.807, 2.05) is 66.1 Å². The van der Waals surface area contributed by atoms with Gasteiger partial charge in [0.1, 0.15) is 5.69 Å². The van der Waals surface area contributed by atoms with Crippen molar-refractivity contribution in [1.29, 1.82) is 0 Å². The third kappa shape index (κ3) is 2.74. The number of aromatic nitrogens is 1. The number of aryl methyl sites for hydroxylation is 1. The summed E-state index contributed by atoms with van der Waals surface area (Å²) in [6.07, 6.45) is 3.79. The van der Waals surface area contributed by atoms with Gasteiger partial charge in [0.05, 0.1) is 0 Å². The van der Waals surface area contributed by atoms with E-state index in [0.717, 1.165) is 35.0 Å². The van der Waals surface area contributed by atoms with Crippen LogP contribution in [0.5, 0.6) is 0 Å². The molecular formula is C21H20N2O2. The summed E-state index contributed by atoms with van der Waals surface area (Å²) >= 11 is 0. The molecule has 0 unspecified atom stereocenters. The van der Waals surface area contributed by atoms with Crippen LogP contribution in [0.25, 0.3) is 16.6 Å². The fourth-order valence-corrected chi connectivity index (χ4v) is 3.47. The van der Waals surface area contributed by atoms with Gasteiger partial charge in [-0.25, -0.2) is 0 Å². The first-order chi connectivity index (χ1) is 12.1. The average molecular weight is 332 g/mol. The van der Waals surface area contributed by atoms with Crippen molar-refractivity contribution in [1.82, 2.24) is 9.30 Å². The number of carbonyl (C=O) groups is 2. The average Bonchev–Trinajstić information content (AvgIpc) is 3.29. The van der Waals surface area contributed by atoms with Crippen LogP contribution in [0.15, 0.2) is 54.7 Å². The van der Waals surface area contributed by atoms with Crippen LogP contribution in [0.4, 0.5) is 0 Å². The lowest BCUT2D eigenvalue weighted by Crippen LogP contribution is -2.34. The van der Waals surface area contributed by atoms with Crippen LogP contribution in [-0.4, -0.2) is 34.1 Å². The number of likely N-dealkylation sites (tertiary alicyclic amines) is 1. The lowest BCUT2D eigenvalue weighted by Gasteiger charge is -2.15. The second-order valence-corrected chi connectivity index (χ2v) is 6.60. The molecule has 0 saturated carbocycles. The lowest BCUT2D eigenvalue weighted by atomic mass is 10.0. The molecule has 0 spiro atoms. The summed E-state index contributed by atoms with van der Waals surface area (Å²) in [5.41, 5.74) is 4.29. The molecule has 4 nitrogen and oxygen atoms in total. The third-order valence-corrected chi connectivity index (χ3v) is 4.84. The number of rotatable bonds is 3. The Labute approximate surface area is 146 Å². The van der Waals surface area contributed by atoms with Crippen LogP contribution in [0.1, 0.15) is 28.9 Å². The van der Waals surface area contributed by atoms with Gasteiger partial charge in [-0.15, -0.1) is 0 Å². The molecule has 1 aliphatic rings. The first-order valence-electron chi connectivity index (χ1n) is 8.66. The highest BCUT2D eigenvalue weighted by Crippen LogP contribution is 2.29. The molecule has 0 atom stereocenters. The molecule has 3 heterocycles. The Hall–Kier alpha value is -2.88. The van der Waals surface area contributed by atoms with E-state index in [-0.39, 0.29) is 0 Å². The third-order valence-electron chi connectivity index (χ3n) is 4.84. The summed E-state index contributed by atoms with van der Waals surface area (Å²) in [4.78, 5) is 27.4. The van der Waals surface area contributed by atoms with Gasteiger partial charge in [-0.1, -0.05) is 35.9 Å². The van der Waals surface area contributed by atoms with Crippen LogP contribution in [0, 0.1) is 6.92 Å². The van der Waals surface area contributed by atoms with Gasteiger partial charge in [0.2, 0.25) is 0 Å². The minimum atomic E-state index is -0.427. The number of nitrogens with zero attached hydrogens (tertiary/aromatic N) is 2. The zero-order chi connectivity index (χ0) is 17.4. The van der Waals surface area contributed by atoms with Crippen molar-refractivity contribution in [2.24, 2.45) is 0 Å². The van der Waals surface area contributed by atoms with Crippen LogP contribution in [0.2, 0.25) is 0 Å². The number of hydrogen-bond donors (Lipinski definition) is 0. The highest BCUT2D eigenvalue weighted by molar-refractivity contribution is 6.43. The molecule has 4 rings (SSSR count). The fraction of sp³-hybridized carbons (Fsp3) is 0.238. The van der Waals surface area contributed by atoms with Crippen molar-refractivity contribution in [2.75, 3.05) is 13.1 Å². The highest BCUT2D eigenvalue weighted by Gasteiger charge is 2.29. The molecule has 1 amide bonds. The van der Waals surface area contributed by atoms with Gasteiger partial charge in [0, 0.05) is 30.4 Å². The van der Waals surface area contributed by atoms with Crippen LogP contribution < -0.4 is 0 Å². The predicted octanol–water partition coefficient (Wildman–Crippen LogP) is 3.72. The molecule has 2 aromatic heterocycles. The SMILES string of the molecule is Cc1ccc(-c2cc3ccccn3c2C(=O)C(=O)N2CCCC2)cc1. The summed E-state index contributed by atoms with van der Waals surface area (Å²) in [6, 6.07) is 15.8. The predicted molar refractivity (Wildman–Crippen MR) is 97.7 cm³/mol. The molecule has 0 aliphatic carbocycles. The molecule has 0 N–H and O–H groups in total. The van der Waals surface area contributed by atoms with Crippen molar-refractivity contribution in [3.05, 3.63) is 66.0 Å². The molecule has 0 bridgehead atoms. The molecular weight excluding hydrogens is 312 g/mol. The summed E-state index contributed by atoms with van der Waals surface area (Å²) in [5.74, 6) is -0.821. The van der Waals surface area contributed by atoms with Crippen molar-refractivity contribution >= 4 is 17.2 Å². The largest absolute Gasteiger partial charge is 0.336 e. The number of amides is 1. The molecule has 126 valence electrons. The minimum absolute atomic E-state index is 0.394. The van der Waals surface area contributed by atoms with Crippen LogP contribution >= 0.6 is 0 Å². The Morgan fingerprint density at radius 3 is 2.40 bits per heavy atom. The van der Waals surface area contributed by atoms with E-state index in [9.17, 15) is 9.59 Å². The van der Waals surface area contributed by atoms with E-state index in [2.05, 4.69) is 0 Å². The molecule has 25 heavy (non-hydrogen) atoms. The Kier molecular flexibility index (Phi) is 3.88. The second kappa shape index (κ2) is 6.20. The summed E-state index contributed by atoms with van der Waals surface area (Å²) in [7, 11) is 0. The second-order valence-electron chi connectivity index (χ2n) is 6.60. The van der Waals surface area contributed by atoms with Gasteiger partial charge in [-0.3, -0.25) is 9.59 Å². The number of carbonyl (C=O) groups excluding carboxylic acids is 2. The number of pyridine rings is 1. The van der Waals surface area contributed by atoms with Gasteiger partial charge in [-0.2, -0.15) is 0 Å². The summed E-state index contributed by atoms with van der Waals surface area (Å²) < 4.78 is 1.82. The first-order valence-corrected chi connectivity index (χ1v) is 8.66. The Morgan fingerprint density at radius 1 is 0.960 bits per heavy atom. The van der Waals surface area contributed by atoms with Gasteiger partial charge in [0.25, 0.3) is 11.7 Å². The zero-order valence-corrected chi connectivity index (χ0v) is 14.2. The van der Waals surface area contributed by atoms with Gasteiger partial charge in [0.15, 0.2) is 0 Å². The molecule has 1 aromatic carbocycles. The van der Waals surface area contributed by atoms with E-state index in [4.69, 9.17) is 0 Å². The quantitative estimate of drug-likeness (QED) is 0.542. The van der Waals surface area contributed by atoms with Crippen LogP contribution in [0.3, 0.4) is 0 Å². The van der Waals surface area contributed by atoms with Gasteiger partial charge < -0.3 is 9.30 Å². The first kappa shape index (κ1) is 15.6. The Balaban J connectivity index is 1.85. The molecule has 1 saturated heterocycles. The van der Waals surface area contributed by atoms with E-state index >= 15 is 0 Å². The topological polar surface area (TPSA) is 41.8 Å². The molecule has 1 fully saturated rings. The van der Waals surface area contributed by atoms with E-state index in [1.54, 1.807) is 4.90 Å². The van der Waals surface area contributed by atoms with Crippen molar-refractivity contribution < 1.29 is 9.59 Å². The van der Waals surface area contributed by atoms with Crippen LogP contribution in [-0.2, 0) is 4.79 Å². The zero-order valence-electron chi connectivity index (χ0n) is 14.2. The smallest absolute Gasteiger partial charge is 0.296 e. The van der Waals surface area contributed by atoms with Gasteiger partial charge >= 0.3 is 0 Å². The Morgan fingerprint density at radius 2 is 1.68 bits per heavy atom. The molecule has 1 aliphatic heterocycles. The van der Waals surface area contributed by atoms with E-state index in [1.165, 1.54) is 0 Å². The van der Waals surface area contributed by atoms with Crippen molar-refractivity contribution in [2.45, 2.75) is 19.8 Å². The fourth-order valence-electron chi connectivity index (χ4n) is 3.47. The Bertz CT molecular complexity index is 948. The van der Waals surface area contributed by atoms with Crippen molar-refractivity contribution in [3.8, 4) is 11.1 Å². The van der Waals surface area contributed by atoms with Gasteiger partial charge in [-0.05, 0) is 43.5 Å². The van der Waals surface area contributed by atoms with Crippen molar-refractivity contribution in [3.63, 3.8) is 0 Å². The number of Topliss-reactive ketones (excluding diaryl/α,β-unsaturated/α-hetero) is 1. The van der Waals surface area contributed by atoms with E-state index < -0.39 is 11.7 Å².